The van der Waals surface area contributed by atoms with Gasteiger partial charge in [-0.05, 0) is 56.7 Å². The van der Waals surface area contributed by atoms with Crippen LogP contribution in [0.2, 0.25) is 0 Å². The average molecular weight is 262 g/mol. The molecule has 19 heavy (non-hydrogen) atoms. The van der Waals surface area contributed by atoms with Crippen molar-refractivity contribution in [2.24, 2.45) is 5.92 Å². The van der Waals surface area contributed by atoms with Crippen LogP contribution in [0.15, 0.2) is 18.2 Å². The van der Waals surface area contributed by atoms with E-state index in [9.17, 15) is 9.18 Å². The van der Waals surface area contributed by atoms with E-state index >= 15 is 0 Å². The molecule has 1 aromatic carbocycles. The summed E-state index contributed by atoms with van der Waals surface area (Å²) in [5.74, 6) is -0.250. The molecule has 3 rings (SSSR count). The first kappa shape index (κ1) is 12.8. The molecular weight excluding hydrogens is 243 g/mol. The smallest absolute Gasteiger partial charge is 0.166 e. The SMILES string of the molecule is Cc1ccc(F)cc1C(=O)C1CCOC2(CCC2)C1. The number of halogens is 1. The van der Waals surface area contributed by atoms with Crippen LogP contribution < -0.4 is 0 Å². The Balaban J connectivity index is 1.81. The molecule has 1 aliphatic heterocycles. The molecule has 0 N–H and O–H groups in total. The van der Waals surface area contributed by atoms with Gasteiger partial charge in [0, 0.05) is 18.1 Å². The van der Waals surface area contributed by atoms with Gasteiger partial charge in [0.1, 0.15) is 5.82 Å². The number of hydrogen-bond donors (Lipinski definition) is 0. The van der Waals surface area contributed by atoms with E-state index in [1.54, 1.807) is 6.07 Å². The summed E-state index contributed by atoms with van der Waals surface area (Å²) >= 11 is 0. The van der Waals surface area contributed by atoms with Crippen molar-refractivity contribution in [1.29, 1.82) is 0 Å². The highest BCUT2D eigenvalue weighted by Gasteiger charge is 2.44. The number of carbonyl (C=O) groups is 1. The number of rotatable bonds is 2. The maximum absolute atomic E-state index is 13.3. The summed E-state index contributed by atoms with van der Waals surface area (Å²) in [6.45, 7) is 2.52. The standard InChI is InChI=1S/C16H19FO2/c1-11-3-4-13(17)9-14(11)15(18)12-5-8-19-16(10-12)6-2-7-16/h3-4,9,12H,2,5-8,10H2,1H3. The van der Waals surface area contributed by atoms with Gasteiger partial charge in [0.15, 0.2) is 5.78 Å². The number of Topliss-reactive ketones (excluding diaryl/α,β-unsaturated/α-hetero) is 1. The predicted octanol–water partition coefficient (Wildman–Crippen LogP) is 3.67. The molecule has 2 aliphatic rings. The normalized spacial score (nSPS) is 25.1. The van der Waals surface area contributed by atoms with Crippen LogP contribution in [0.25, 0.3) is 0 Å². The Morgan fingerprint density at radius 1 is 1.42 bits per heavy atom. The molecule has 1 heterocycles. The summed E-state index contributed by atoms with van der Waals surface area (Å²) in [5, 5.41) is 0. The van der Waals surface area contributed by atoms with E-state index in [1.165, 1.54) is 18.6 Å². The summed E-state index contributed by atoms with van der Waals surface area (Å²) in [6, 6.07) is 4.46. The van der Waals surface area contributed by atoms with Crippen molar-refractivity contribution >= 4 is 5.78 Å². The Kier molecular flexibility index (Phi) is 3.17. The van der Waals surface area contributed by atoms with Gasteiger partial charge in [-0.3, -0.25) is 4.79 Å². The number of aryl methyl sites for hydroxylation is 1. The third-order valence-electron chi connectivity index (χ3n) is 4.59. The molecule has 2 nitrogen and oxygen atoms in total. The van der Waals surface area contributed by atoms with Crippen molar-refractivity contribution in [3.05, 3.63) is 35.1 Å². The second-order valence-electron chi connectivity index (χ2n) is 5.90. The van der Waals surface area contributed by atoms with Gasteiger partial charge >= 0.3 is 0 Å². The molecule has 1 spiro atoms. The Morgan fingerprint density at radius 2 is 2.21 bits per heavy atom. The minimum atomic E-state index is -0.334. The molecule has 0 radical (unpaired) electrons. The van der Waals surface area contributed by atoms with Crippen molar-refractivity contribution in [3.63, 3.8) is 0 Å². The second kappa shape index (κ2) is 4.71. The molecule has 1 aromatic rings. The summed E-state index contributed by atoms with van der Waals surface area (Å²) < 4.78 is 19.2. The van der Waals surface area contributed by atoms with E-state index in [0.717, 1.165) is 31.2 Å². The van der Waals surface area contributed by atoms with Crippen LogP contribution in [0.1, 0.15) is 48.0 Å². The maximum Gasteiger partial charge on any atom is 0.166 e. The molecule has 0 bridgehead atoms. The second-order valence-corrected chi connectivity index (χ2v) is 5.90. The van der Waals surface area contributed by atoms with Crippen LogP contribution in [0, 0.1) is 18.7 Å². The van der Waals surface area contributed by atoms with Crippen LogP contribution in [0.4, 0.5) is 4.39 Å². The van der Waals surface area contributed by atoms with Crippen molar-refractivity contribution in [2.45, 2.75) is 44.6 Å². The summed E-state index contributed by atoms with van der Waals surface area (Å²) in [5.41, 5.74) is 1.36. The van der Waals surface area contributed by atoms with Crippen molar-refractivity contribution < 1.29 is 13.9 Å². The molecule has 1 aliphatic carbocycles. The predicted molar refractivity (Wildman–Crippen MR) is 70.7 cm³/mol. The Labute approximate surface area is 113 Å². The van der Waals surface area contributed by atoms with Gasteiger partial charge in [-0.25, -0.2) is 4.39 Å². The monoisotopic (exact) mass is 262 g/mol. The van der Waals surface area contributed by atoms with Crippen molar-refractivity contribution in [3.8, 4) is 0 Å². The number of benzene rings is 1. The largest absolute Gasteiger partial charge is 0.375 e. The summed E-state index contributed by atoms with van der Waals surface area (Å²) in [6.07, 6.45) is 4.90. The lowest BCUT2D eigenvalue weighted by molar-refractivity contribution is -0.137. The van der Waals surface area contributed by atoms with Crippen molar-refractivity contribution in [2.75, 3.05) is 6.61 Å². The zero-order valence-electron chi connectivity index (χ0n) is 11.2. The van der Waals surface area contributed by atoms with Gasteiger partial charge < -0.3 is 4.74 Å². The Morgan fingerprint density at radius 3 is 2.89 bits per heavy atom. The minimum Gasteiger partial charge on any atom is -0.375 e. The topological polar surface area (TPSA) is 26.3 Å². The highest BCUT2D eigenvalue weighted by atomic mass is 19.1. The number of hydrogen-bond acceptors (Lipinski definition) is 2. The summed E-state index contributed by atoms with van der Waals surface area (Å²) in [4.78, 5) is 12.6. The van der Waals surface area contributed by atoms with E-state index in [0.29, 0.717) is 12.2 Å². The first-order valence-corrected chi connectivity index (χ1v) is 7.04. The molecule has 1 atom stereocenters. The molecule has 0 aromatic heterocycles. The Bertz CT molecular complexity index is 505. The minimum absolute atomic E-state index is 0.00505. The van der Waals surface area contributed by atoms with E-state index in [4.69, 9.17) is 4.74 Å². The maximum atomic E-state index is 13.3. The van der Waals surface area contributed by atoms with Crippen LogP contribution in [0.5, 0.6) is 0 Å². The van der Waals surface area contributed by atoms with Gasteiger partial charge in [-0.15, -0.1) is 0 Å². The van der Waals surface area contributed by atoms with Gasteiger partial charge in [-0.1, -0.05) is 6.07 Å². The van der Waals surface area contributed by atoms with Crippen LogP contribution in [-0.2, 0) is 4.74 Å². The zero-order valence-corrected chi connectivity index (χ0v) is 11.2. The molecule has 1 saturated carbocycles. The van der Waals surface area contributed by atoms with E-state index in [1.807, 2.05) is 6.92 Å². The molecule has 102 valence electrons. The highest BCUT2D eigenvalue weighted by molar-refractivity contribution is 5.99. The van der Waals surface area contributed by atoms with E-state index in [2.05, 4.69) is 0 Å². The fraction of sp³-hybridized carbons (Fsp3) is 0.562. The quantitative estimate of drug-likeness (QED) is 0.760. The van der Waals surface area contributed by atoms with Crippen LogP contribution in [-0.4, -0.2) is 18.0 Å². The van der Waals surface area contributed by atoms with Gasteiger partial charge in [0.25, 0.3) is 0 Å². The zero-order chi connectivity index (χ0) is 13.5. The van der Waals surface area contributed by atoms with E-state index in [-0.39, 0.29) is 23.1 Å². The fourth-order valence-electron chi connectivity index (χ4n) is 3.25. The number of ether oxygens (including phenoxy) is 1. The average Bonchev–Trinajstić information content (AvgIpc) is 2.39. The third-order valence-corrected chi connectivity index (χ3v) is 4.59. The first-order chi connectivity index (χ1) is 9.10. The molecular formula is C16H19FO2. The molecule has 1 unspecified atom stereocenters. The number of ketones is 1. The third kappa shape index (κ3) is 2.32. The van der Waals surface area contributed by atoms with Gasteiger partial charge in [0.05, 0.1) is 5.60 Å². The first-order valence-electron chi connectivity index (χ1n) is 7.04. The molecule has 3 heteroatoms. The van der Waals surface area contributed by atoms with Gasteiger partial charge in [0.2, 0.25) is 0 Å². The Hall–Kier alpha value is -1.22. The van der Waals surface area contributed by atoms with Crippen molar-refractivity contribution in [1.82, 2.24) is 0 Å². The highest BCUT2D eigenvalue weighted by Crippen LogP contribution is 2.45. The van der Waals surface area contributed by atoms with Crippen LogP contribution in [0.3, 0.4) is 0 Å². The lowest BCUT2D eigenvalue weighted by Crippen LogP contribution is -2.47. The fourth-order valence-corrected chi connectivity index (χ4v) is 3.25. The van der Waals surface area contributed by atoms with Crippen LogP contribution >= 0.6 is 0 Å². The lowest BCUT2D eigenvalue weighted by Gasteiger charge is -2.46. The number of carbonyl (C=O) groups excluding carboxylic acids is 1. The van der Waals surface area contributed by atoms with E-state index < -0.39 is 0 Å². The van der Waals surface area contributed by atoms with Gasteiger partial charge in [-0.2, -0.15) is 0 Å². The molecule has 1 saturated heterocycles. The molecule has 0 amide bonds. The summed E-state index contributed by atoms with van der Waals surface area (Å²) in [7, 11) is 0. The molecule has 2 fully saturated rings. The lowest BCUT2D eigenvalue weighted by atomic mass is 9.70.